The predicted molar refractivity (Wildman–Crippen MR) is 240 cm³/mol. The molecular weight excluding hydrogens is 711 g/mol. The summed E-state index contributed by atoms with van der Waals surface area (Å²) in [5.74, 6) is 1.93. The Balaban J connectivity index is 1.21. The minimum Gasteiger partial charge on any atom is -0.208 e. The number of fused-ring (bicyclic) bond motifs is 5. The quantitative estimate of drug-likeness (QED) is 0.170. The van der Waals surface area contributed by atoms with Crippen molar-refractivity contribution in [1.29, 1.82) is 0 Å². The molecule has 0 saturated heterocycles. The van der Waals surface area contributed by atoms with Crippen LogP contribution in [0.25, 0.3) is 109 Å². The summed E-state index contributed by atoms with van der Waals surface area (Å²) in [4.78, 5) is 15.8. The van der Waals surface area contributed by atoms with Gasteiger partial charge in [0.1, 0.15) is 0 Å². The first kappa shape index (κ1) is 33.1. The molecule has 11 rings (SSSR count). The van der Waals surface area contributed by atoms with Gasteiger partial charge in [-0.25, -0.2) is 15.0 Å². The van der Waals surface area contributed by atoms with Crippen molar-refractivity contribution >= 4 is 53.1 Å². The lowest BCUT2D eigenvalue weighted by atomic mass is 9.94. The fraction of sp³-hybridized carbons (Fsp3) is 0. The number of nitrogens with zero attached hydrogens (tertiary/aromatic N) is 3. The molecule has 0 spiro atoms. The molecule has 4 heteroatoms. The van der Waals surface area contributed by atoms with Crippen LogP contribution in [0.2, 0.25) is 0 Å². The van der Waals surface area contributed by atoms with Gasteiger partial charge in [0.15, 0.2) is 17.5 Å². The van der Waals surface area contributed by atoms with Crippen LogP contribution in [0.3, 0.4) is 0 Å². The number of aromatic nitrogens is 3. The van der Waals surface area contributed by atoms with Crippen LogP contribution in [-0.2, 0) is 0 Å². The molecule has 0 aliphatic carbocycles. The van der Waals surface area contributed by atoms with Gasteiger partial charge in [0, 0.05) is 42.4 Å². The summed E-state index contributed by atoms with van der Waals surface area (Å²) >= 11 is 1.82. The maximum atomic E-state index is 5.36. The summed E-state index contributed by atoms with van der Waals surface area (Å²) in [5.41, 5.74) is 9.88. The van der Waals surface area contributed by atoms with Crippen LogP contribution in [0.1, 0.15) is 0 Å². The highest BCUT2D eigenvalue weighted by Gasteiger charge is 2.21. The van der Waals surface area contributed by atoms with Crippen molar-refractivity contribution in [2.24, 2.45) is 0 Å². The van der Waals surface area contributed by atoms with E-state index in [0.717, 1.165) is 38.1 Å². The zero-order valence-electron chi connectivity index (χ0n) is 30.8. The molecule has 0 saturated carbocycles. The van der Waals surface area contributed by atoms with Gasteiger partial charge in [-0.15, -0.1) is 11.3 Å². The molecule has 57 heavy (non-hydrogen) atoms. The van der Waals surface area contributed by atoms with Crippen LogP contribution < -0.4 is 0 Å². The summed E-state index contributed by atoms with van der Waals surface area (Å²) in [6.07, 6.45) is 0. The second-order valence-electron chi connectivity index (χ2n) is 14.4. The van der Waals surface area contributed by atoms with E-state index in [1.54, 1.807) is 0 Å². The number of benzene rings is 9. The Kier molecular flexibility index (Phi) is 8.01. The Bertz CT molecular complexity index is 3290. The fourth-order valence-electron chi connectivity index (χ4n) is 8.18. The minimum absolute atomic E-state index is 0.637. The van der Waals surface area contributed by atoms with Gasteiger partial charge in [-0.2, -0.15) is 0 Å². The summed E-state index contributed by atoms with van der Waals surface area (Å²) in [6, 6.07) is 71.0. The van der Waals surface area contributed by atoms with Crippen molar-refractivity contribution in [3.63, 3.8) is 0 Å². The molecule has 0 radical (unpaired) electrons. The minimum atomic E-state index is 0.637. The molecule has 0 amide bonds. The lowest BCUT2D eigenvalue weighted by Gasteiger charge is -2.13. The van der Waals surface area contributed by atoms with E-state index in [0.29, 0.717) is 17.5 Å². The Hall–Kier alpha value is -7.27. The Morgan fingerprint density at radius 3 is 1.51 bits per heavy atom. The van der Waals surface area contributed by atoms with Crippen LogP contribution in [0.4, 0.5) is 0 Å². The van der Waals surface area contributed by atoms with Crippen molar-refractivity contribution in [1.82, 2.24) is 15.0 Å². The van der Waals surface area contributed by atoms with Gasteiger partial charge in [-0.1, -0.05) is 182 Å². The number of rotatable bonds is 6. The van der Waals surface area contributed by atoms with Crippen LogP contribution in [0.5, 0.6) is 0 Å². The first-order valence-corrected chi connectivity index (χ1v) is 20.0. The second-order valence-corrected chi connectivity index (χ2v) is 15.4. The zero-order valence-corrected chi connectivity index (χ0v) is 31.6. The molecule has 2 heterocycles. The fourth-order valence-corrected chi connectivity index (χ4v) is 9.50. The van der Waals surface area contributed by atoms with Gasteiger partial charge in [-0.05, 0) is 67.6 Å². The van der Waals surface area contributed by atoms with Gasteiger partial charge in [0.2, 0.25) is 0 Å². The van der Waals surface area contributed by atoms with Gasteiger partial charge >= 0.3 is 0 Å². The third-order valence-corrected chi connectivity index (χ3v) is 12.2. The van der Waals surface area contributed by atoms with E-state index in [-0.39, 0.29) is 0 Å². The normalized spacial score (nSPS) is 11.5. The van der Waals surface area contributed by atoms with E-state index < -0.39 is 0 Å². The average Bonchev–Trinajstić information content (AvgIpc) is 3.68. The van der Waals surface area contributed by atoms with Gasteiger partial charge < -0.3 is 0 Å². The maximum absolute atomic E-state index is 5.36. The second kappa shape index (κ2) is 13.8. The third kappa shape index (κ3) is 5.86. The molecule has 0 aliphatic rings. The molecule has 0 bridgehead atoms. The van der Waals surface area contributed by atoms with Crippen LogP contribution >= 0.6 is 11.3 Å². The van der Waals surface area contributed by atoms with Crippen molar-refractivity contribution in [2.45, 2.75) is 0 Å². The predicted octanol–water partition coefficient (Wildman–Crippen LogP) is 14.5. The Morgan fingerprint density at radius 2 is 0.754 bits per heavy atom. The number of thiophene rings is 1. The molecule has 0 aliphatic heterocycles. The molecule has 0 fully saturated rings. The topological polar surface area (TPSA) is 38.7 Å². The highest BCUT2D eigenvalue weighted by Crippen LogP contribution is 2.47. The Labute approximate surface area is 334 Å². The largest absolute Gasteiger partial charge is 0.208 e. The van der Waals surface area contributed by atoms with Crippen molar-refractivity contribution < 1.29 is 0 Å². The highest BCUT2D eigenvalue weighted by molar-refractivity contribution is 7.26. The molecule has 2 aromatic heterocycles. The number of hydrogen-bond donors (Lipinski definition) is 0. The van der Waals surface area contributed by atoms with Gasteiger partial charge in [0.25, 0.3) is 0 Å². The zero-order chi connectivity index (χ0) is 37.7. The molecule has 0 unspecified atom stereocenters. The van der Waals surface area contributed by atoms with Crippen LogP contribution in [-0.4, -0.2) is 15.0 Å². The molecule has 266 valence electrons. The average molecular weight is 744 g/mol. The first-order chi connectivity index (χ1) is 28.2. The summed E-state index contributed by atoms with van der Waals surface area (Å²) in [7, 11) is 0. The Morgan fingerprint density at radius 1 is 0.263 bits per heavy atom. The van der Waals surface area contributed by atoms with E-state index in [1.165, 1.54) is 53.7 Å². The van der Waals surface area contributed by atoms with E-state index in [1.807, 2.05) is 35.6 Å². The molecular formula is C53H33N3S. The standard InChI is InChI=1S/C53H33N3S/c1-3-15-34(16-4-1)38-23-11-24-39(31-38)52-54-51(37-19-5-2-6-20-37)55-53(56-52)48-33-40(43-27-12-21-35-17-7-9-25-41(35)43)32-47-46-30-14-29-45(49(46)57-50(47)48)44-28-13-22-36-18-8-10-26-42(36)44/h1-33H. The molecule has 9 aromatic carbocycles. The van der Waals surface area contributed by atoms with Crippen molar-refractivity contribution in [2.75, 3.05) is 0 Å². The smallest absolute Gasteiger partial charge is 0.165 e. The molecule has 0 atom stereocenters. The molecule has 3 nitrogen and oxygen atoms in total. The summed E-state index contributed by atoms with van der Waals surface area (Å²) < 4.78 is 2.39. The van der Waals surface area contributed by atoms with E-state index in [4.69, 9.17) is 15.0 Å². The highest BCUT2D eigenvalue weighted by atomic mass is 32.1. The SMILES string of the molecule is c1ccc(-c2cccc(-c3nc(-c4ccccc4)nc(-c4cc(-c5cccc6ccccc56)cc5c4sc4c(-c6cccc7ccccc67)cccc45)n3)c2)cc1. The lowest BCUT2D eigenvalue weighted by Crippen LogP contribution is -2.00. The molecule has 11 aromatic rings. The van der Waals surface area contributed by atoms with Gasteiger partial charge in [-0.3, -0.25) is 0 Å². The van der Waals surface area contributed by atoms with Crippen molar-refractivity contribution in [3.05, 3.63) is 200 Å². The van der Waals surface area contributed by atoms with Gasteiger partial charge in [0.05, 0.1) is 0 Å². The van der Waals surface area contributed by atoms with E-state index in [9.17, 15) is 0 Å². The summed E-state index contributed by atoms with van der Waals surface area (Å²) in [6.45, 7) is 0. The van der Waals surface area contributed by atoms with Crippen molar-refractivity contribution in [3.8, 4) is 67.5 Å². The van der Waals surface area contributed by atoms with E-state index >= 15 is 0 Å². The number of hydrogen-bond acceptors (Lipinski definition) is 4. The van der Waals surface area contributed by atoms with Crippen LogP contribution in [0.15, 0.2) is 200 Å². The monoisotopic (exact) mass is 743 g/mol. The summed E-state index contributed by atoms with van der Waals surface area (Å²) in [5, 5.41) is 7.30. The van der Waals surface area contributed by atoms with E-state index in [2.05, 4.69) is 176 Å². The van der Waals surface area contributed by atoms with Crippen LogP contribution in [0, 0.1) is 0 Å². The third-order valence-electron chi connectivity index (χ3n) is 10.9. The maximum Gasteiger partial charge on any atom is 0.165 e. The molecule has 0 N–H and O–H groups in total. The first-order valence-electron chi connectivity index (χ1n) is 19.2. The lowest BCUT2D eigenvalue weighted by molar-refractivity contribution is 1.08.